The zero-order valence-corrected chi connectivity index (χ0v) is 8.00. The molecule has 0 atom stereocenters. The Balaban J connectivity index is 3.20. The molecule has 2 nitrogen and oxygen atoms in total. The van der Waals surface area contributed by atoms with Gasteiger partial charge in [0.1, 0.15) is 11.5 Å². The first-order chi connectivity index (χ1) is 6.20. The van der Waals surface area contributed by atoms with Crippen molar-refractivity contribution in [2.24, 2.45) is 0 Å². The number of hydrogen-bond donors (Lipinski definition) is 1. The van der Waals surface area contributed by atoms with Crippen molar-refractivity contribution in [2.45, 2.75) is 13.3 Å². The number of allylic oxidation sites excluding steroid dienone is 1. The Bertz CT molecular complexity index is 316. The summed E-state index contributed by atoms with van der Waals surface area (Å²) in [5.41, 5.74) is 1.83. The van der Waals surface area contributed by atoms with Crippen LogP contribution in [-0.4, -0.2) is 12.2 Å². The van der Waals surface area contributed by atoms with Gasteiger partial charge in [-0.2, -0.15) is 0 Å². The van der Waals surface area contributed by atoms with Crippen LogP contribution in [0.5, 0.6) is 11.5 Å². The second kappa shape index (κ2) is 3.99. The van der Waals surface area contributed by atoms with Crippen LogP contribution in [0, 0.1) is 6.92 Å². The first-order valence-electron chi connectivity index (χ1n) is 4.17. The lowest BCUT2D eigenvalue weighted by Crippen LogP contribution is -1.93. The van der Waals surface area contributed by atoms with E-state index in [1.54, 1.807) is 13.2 Å². The highest BCUT2D eigenvalue weighted by molar-refractivity contribution is 5.49. The number of hydrogen-bond acceptors (Lipinski definition) is 2. The predicted molar refractivity (Wildman–Crippen MR) is 53.3 cm³/mol. The molecule has 0 aliphatic heterocycles. The Morgan fingerprint density at radius 2 is 2.23 bits per heavy atom. The van der Waals surface area contributed by atoms with Crippen molar-refractivity contribution >= 4 is 0 Å². The van der Waals surface area contributed by atoms with E-state index in [9.17, 15) is 5.11 Å². The summed E-state index contributed by atoms with van der Waals surface area (Å²) >= 11 is 0. The van der Waals surface area contributed by atoms with Crippen LogP contribution in [0.4, 0.5) is 0 Å². The van der Waals surface area contributed by atoms with E-state index in [4.69, 9.17) is 4.74 Å². The highest BCUT2D eigenvalue weighted by Crippen LogP contribution is 2.30. The number of benzene rings is 1. The Hall–Kier alpha value is -1.44. The van der Waals surface area contributed by atoms with Crippen LogP contribution in [0.2, 0.25) is 0 Å². The van der Waals surface area contributed by atoms with E-state index in [0.29, 0.717) is 0 Å². The first kappa shape index (κ1) is 9.65. The van der Waals surface area contributed by atoms with Gasteiger partial charge in [0.25, 0.3) is 0 Å². The highest BCUT2D eigenvalue weighted by Gasteiger charge is 2.08. The molecule has 0 aliphatic rings. The molecule has 0 heterocycles. The molecule has 1 N–H and O–H groups in total. The van der Waals surface area contributed by atoms with Gasteiger partial charge in [0.05, 0.1) is 7.11 Å². The molecule has 0 spiro atoms. The summed E-state index contributed by atoms with van der Waals surface area (Å²) in [7, 11) is 1.61. The highest BCUT2D eigenvalue weighted by atomic mass is 16.5. The van der Waals surface area contributed by atoms with Crippen LogP contribution >= 0.6 is 0 Å². The van der Waals surface area contributed by atoms with Crippen LogP contribution in [0.3, 0.4) is 0 Å². The normalized spacial score (nSPS) is 9.69. The average Bonchev–Trinajstić information content (AvgIpc) is 2.12. The molecule has 0 unspecified atom stereocenters. The summed E-state index contributed by atoms with van der Waals surface area (Å²) in [4.78, 5) is 0. The van der Waals surface area contributed by atoms with Gasteiger partial charge < -0.3 is 9.84 Å². The minimum absolute atomic E-state index is 0.268. The van der Waals surface area contributed by atoms with E-state index < -0.39 is 0 Å². The monoisotopic (exact) mass is 178 g/mol. The molecule has 0 bridgehead atoms. The van der Waals surface area contributed by atoms with Crippen molar-refractivity contribution in [2.75, 3.05) is 7.11 Å². The van der Waals surface area contributed by atoms with E-state index in [-0.39, 0.29) is 5.75 Å². The second-order valence-corrected chi connectivity index (χ2v) is 2.89. The topological polar surface area (TPSA) is 29.5 Å². The molecule has 0 aromatic heterocycles. The van der Waals surface area contributed by atoms with Crippen LogP contribution in [-0.2, 0) is 6.42 Å². The molecule has 0 radical (unpaired) electrons. The summed E-state index contributed by atoms with van der Waals surface area (Å²) in [5, 5.41) is 9.42. The van der Waals surface area contributed by atoms with Gasteiger partial charge in [-0.25, -0.2) is 0 Å². The second-order valence-electron chi connectivity index (χ2n) is 2.89. The van der Waals surface area contributed by atoms with Crippen molar-refractivity contribution in [3.63, 3.8) is 0 Å². The van der Waals surface area contributed by atoms with Crippen LogP contribution in [0.25, 0.3) is 0 Å². The standard InChI is InChI=1S/C11H14O2/c1-4-5-9-6-7-10(12)8(2)11(9)13-3/h4,6-7,12H,1,5H2,2-3H3. The predicted octanol–water partition coefficient (Wildman–Crippen LogP) is 2.44. The van der Waals surface area contributed by atoms with Gasteiger partial charge >= 0.3 is 0 Å². The molecular formula is C11H14O2. The summed E-state index contributed by atoms with van der Waals surface area (Å²) < 4.78 is 5.20. The SMILES string of the molecule is C=CCc1ccc(O)c(C)c1OC. The van der Waals surface area contributed by atoms with Crippen molar-refractivity contribution in [1.82, 2.24) is 0 Å². The Labute approximate surface area is 78.5 Å². The average molecular weight is 178 g/mol. The number of ether oxygens (including phenoxy) is 1. The largest absolute Gasteiger partial charge is 0.508 e. The lowest BCUT2D eigenvalue weighted by atomic mass is 10.1. The summed E-state index contributed by atoms with van der Waals surface area (Å²) in [6.45, 7) is 5.50. The number of phenolic OH excluding ortho intramolecular Hbond substituents is 1. The number of phenols is 1. The molecule has 1 rings (SSSR count). The third-order valence-electron chi connectivity index (χ3n) is 2.03. The fourth-order valence-corrected chi connectivity index (χ4v) is 1.34. The molecule has 0 saturated heterocycles. The van der Waals surface area contributed by atoms with E-state index in [0.717, 1.165) is 23.3 Å². The van der Waals surface area contributed by atoms with Crippen molar-refractivity contribution in [3.05, 3.63) is 35.9 Å². The van der Waals surface area contributed by atoms with Gasteiger partial charge in [-0.05, 0) is 25.0 Å². The maximum Gasteiger partial charge on any atom is 0.128 e. The van der Waals surface area contributed by atoms with Crippen molar-refractivity contribution in [1.29, 1.82) is 0 Å². The fourth-order valence-electron chi connectivity index (χ4n) is 1.34. The lowest BCUT2D eigenvalue weighted by molar-refractivity contribution is 0.399. The van der Waals surface area contributed by atoms with Gasteiger partial charge in [0, 0.05) is 5.56 Å². The molecule has 0 aliphatic carbocycles. The van der Waals surface area contributed by atoms with E-state index in [1.165, 1.54) is 0 Å². The van der Waals surface area contributed by atoms with Gasteiger partial charge in [0.2, 0.25) is 0 Å². The van der Waals surface area contributed by atoms with Crippen LogP contribution in [0.1, 0.15) is 11.1 Å². The quantitative estimate of drug-likeness (QED) is 0.720. The Morgan fingerprint density at radius 3 is 2.77 bits per heavy atom. The van der Waals surface area contributed by atoms with Crippen LogP contribution < -0.4 is 4.74 Å². The maximum absolute atomic E-state index is 9.42. The molecule has 70 valence electrons. The number of aromatic hydroxyl groups is 1. The molecule has 0 amide bonds. The number of rotatable bonds is 3. The molecule has 0 saturated carbocycles. The molecule has 0 fully saturated rings. The number of methoxy groups -OCH3 is 1. The summed E-state index contributed by atoms with van der Waals surface area (Å²) in [6.07, 6.45) is 2.57. The third kappa shape index (κ3) is 1.83. The Morgan fingerprint density at radius 1 is 1.54 bits per heavy atom. The van der Waals surface area contributed by atoms with Crippen LogP contribution in [0.15, 0.2) is 24.8 Å². The van der Waals surface area contributed by atoms with Gasteiger partial charge in [-0.3, -0.25) is 0 Å². The smallest absolute Gasteiger partial charge is 0.128 e. The summed E-state index contributed by atoms with van der Waals surface area (Å²) in [6, 6.07) is 3.53. The molecule has 1 aromatic rings. The van der Waals surface area contributed by atoms with Crippen molar-refractivity contribution < 1.29 is 9.84 Å². The molecule has 1 aromatic carbocycles. The Kier molecular flexibility index (Phi) is 2.96. The lowest BCUT2D eigenvalue weighted by Gasteiger charge is -2.10. The molecular weight excluding hydrogens is 164 g/mol. The third-order valence-corrected chi connectivity index (χ3v) is 2.03. The van der Waals surface area contributed by atoms with E-state index in [2.05, 4.69) is 6.58 Å². The van der Waals surface area contributed by atoms with Crippen molar-refractivity contribution in [3.8, 4) is 11.5 Å². The van der Waals surface area contributed by atoms with Gasteiger partial charge in [0.15, 0.2) is 0 Å². The molecule has 2 heteroatoms. The van der Waals surface area contributed by atoms with Gasteiger partial charge in [-0.1, -0.05) is 12.1 Å². The first-order valence-corrected chi connectivity index (χ1v) is 4.17. The van der Waals surface area contributed by atoms with Gasteiger partial charge in [-0.15, -0.1) is 6.58 Å². The zero-order chi connectivity index (χ0) is 9.84. The zero-order valence-electron chi connectivity index (χ0n) is 8.00. The summed E-state index contributed by atoms with van der Waals surface area (Å²) in [5.74, 6) is 1.02. The van der Waals surface area contributed by atoms with E-state index in [1.807, 2.05) is 19.1 Å². The minimum atomic E-state index is 0.268. The van der Waals surface area contributed by atoms with E-state index >= 15 is 0 Å². The maximum atomic E-state index is 9.42. The minimum Gasteiger partial charge on any atom is -0.508 e. The molecule has 13 heavy (non-hydrogen) atoms. The fraction of sp³-hybridized carbons (Fsp3) is 0.273.